The van der Waals surface area contributed by atoms with E-state index in [1.165, 1.54) is 0 Å². The first-order valence-electron chi connectivity index (χ1n) is 1.52. The number of rotatable bonds is 1. The maximum atomic E-state index is 7.88. The Morgan fingerprint density at radius 1 is 1.75 bits per heavy atom. The molecule has 1 heteroatoms. The zero-order chi connectivity index (χ0) is 3.41. The average Bonchev–Trinajstić information content (AvgIpc) is 1.37. The highest BCUT2D eigenvalue weighted by atomic mass is 16.3. The summed E-state index contributed by atoms with van der Waals surface area (Å²) >= 11 is 0. The van der Waals surface area contributed by atoms with Crippen LogP contribution < -0.4 is 0 Å². The molecule has 0 radical (unpaired) electrons. The molecular formula is C3H8O. The minimum Gasteiger partial charge on any atom is -0.396 e. The summed E-state index contributed by atoms with van der Waals surface area (Å²) < 4.78 is 0. The van der Waals surface area contributed by atoms with Crippen molar-refractivity contribution >= 4 is 0 Å². The van der Waals surface area contributed by atoms with Crippen LogP contribution in [0.3, 0.4) is 0 Å². The maximum Gasteiger partial charge on any atom is 0.0428 e. The summed E-state index contributed by atoms with van der Waals surface area (Å²) in [5.74, 6) is 0. The summed E-state index contributed by atoms with van der Waals surface area (Å²) in [7, 11) is 0. The van der Waals surface area contributed by atoms with Gasteiger partial charge in [-0.15, -0.1) is 0 Å². The van der Waals surface area contributed by atoms with Gasteiger partial charge in [-0.1, -0.05) is 6.92 Å². The van der Waals surface area contributed by atoms with E-state index in [1.54, 1.807) is 0 Å². The molecule has 1 nitrogen and oxygen atoms in total. The van der Waals surface area contributed by atoms with E-state index in [4.69, 9.17) is 5.11 Å². The van der Waals surface area contributed by atoms with Crippen LogP contribution in [0.5, 0.6) is 0 Å². The standard InChI is InChI=1S/C3H8O/c1-2-3-4/h4H,2-3H2,1H3/i2+1,3+1. The molecule has 0 unspecified atom stereocenters. The Hall–Kier alpha value is -0.0400. The molecule has 0 aliphatic rings. The molecule has 4 heavy (non-hydrogen) atoms. The molecule has 0 amide bonds. The Morgan fingerprint density at radius 2 is 2.00 bits per heavy atom. The quantitative estimate of drug-likeness (QED) is 0.435. The summed E-state index contributed by atoms with van der Waals surface area (Å²) in [6, 6.07) is 0. The van der Waals surface area contributed by atoms with Crippen molar-refractivity contribution in [2.45, 2.75) is 13.3 Å². The van der Waals surface area contributed by atoms with Gasteiger partial charge in [-0.3, -0.25) is 0 Å². The van der Waals surface area contributed by atoms with Crippen molar-refractivity contribution in [2.75, 3.05) is 6.61 Å². The molecule has 0 saturated heterocycles. The van der Waals surface area contributed by atoms with Crippen molar-refractivity contribution in [2.24, 2.45) is 0 Å². The van der Waals surface area contributed by atoms with E-state index in [0.717, 1.165) is 6.42 Å². The summed E-state index contributed by atoms with van der Waals surface area (Å²) in [6.07, 6.45) is 0.875. The van der Waals surface area contributed by atoms with E-state index < -0.39 is 0 Å². The first-order valence-corrected chi connectivity index (χ1v) is 1.52. The number of hydrogen-bond donors (Lipinski definition) is 1. The van der Waals surface area contributed by atoms with Gasteiger partial charge in [0.1, 0.15) is 0 Å². The average molecular weight is 62.1 g/mol. The monoisotopic (exact) mass is 62.1 g/mol. The first-order chi connectivity index (χ1) is 1.91. The fraction of sp³-hybridized carbons (Fsp3) is 1.00. The highest BCUT2D eigenvalue weighted by molar-refractivity contribution is 4.10. The van der Waals surface area contributed by atoms with Gasteiger partial charge < -0.3 is 5.11 Å². The molecule has 0 aromatic rings. The third kappa shape index (κ3) is 1.96. The van der Waals surface area contributed by atoms with Crippen molar-refractivity contribution < 1.29 is 5.11 Å². The van der Waals surface area contributed by atoms with Gasteiger partial charge in [0.15, 0.2) is 0 Å². The number of aliphatic hydroxyl groups excluding tert-OH is 1. The van der Waals surface area contributed by atoms with E-state index in [0.29, 0.717) is 6.61 Å². The van der Waals surface area contributed by atoms with Crippen molar-refractivity contribution in [3.63, 3.8) is 0 Å². The molecule has 0 bridgehead atoms. The SMILES string of the molecule is C[13CH2][13CH2]O. The second-order valence-electron chi connectivity index (χ2n) is 0.724. The van der Waals surface area contributed by atoms with E-state index in [1.807, 2.05) is 6.92 Å². The normalized spacial score (nSPS) is 7.50. The molecule has 26 valence electrons. The van der Waals surface area contributed by atoms with Gasteiger partial charge in [0.05, 0.1) is 0 Å². The molecule has 0 aromatic carbocycles. The molecule has 0 spiro atoms. The van der Waals surface area contributed by atoms with Gasteiger partial charge >= 0.3 is 0 Å². The lowest BCUT2D eigenvalue weighted by atomic mass is 11.2. The van der Waals surface area contributed by atoms with E-state index in [-0.39, 0.29) is 0 Å². The van der Waals surface area contributed by atoms with Crippen LogP contribution in [0.2, 0.25) is 0 Å². The summed E-state index contributed by atoms with van der Waals surface area (Å²) in [5.41, 5.74) is 0. The molecule has 0 aliphatic heterocycles. The van der Waals surface area contributed by atoms with Crippen LogP contribution in [0.4, 0.5) is 0 Å². The third-order valence-corrected chi connectivity index (χ3v) is 0.224. The Labute approximate surface area is 26.3 Å². The van der Waals surface area contributed by atoms with Gasteiger partial charge in [-0.05, 0) is 6.42 Å². The molecule has 0 atom stereocenters. The molecular weight excluding hydrogens is 54.0 g/mol. The molecule has 1 N–H and O–H groups in total. The summed E-state index contributed by atoms with van der Waals surface area (Å²) in [6.45, 7) is 2.25. The van der Waals surface area contributed by atoms with Crippen molar-refractivity contribution in [1.29, 1.82) is 0 Å². The van der Waals surface area contributed by atoms with Crippen LogP contribution in [-0.2, 0) is 0 Å². The van der Waals surface area contributed by atoms with E-state index in [9.17, 15) is 0 Å². The lowest BCUT2D eigenvalue weighted by molar-refractivity contribution is 0.295. The third-order valence-electron chi connectivity index (χ3n) is 0.224. The van der Waals surface area contributed by atoms with Gasteiger partial charge in [0, 0.05) is 6.61 Å². The molecule has 0 fully saturated rings. The van der Waals surface area contributed by atoms with Crippen LogP contribution >= 0.6 is 0 Å². The van der Waals surface area contributed by atoms with Crippen LogP contribution in [0.1, 0.15) is 13.3 Å². The largest absolute Gasteiger partial charge is 0.396 e. The highest BCUT2D eigenvalue weighted by Gasteiger charge is 1.57. The Bertz CT molecular complexity index is 5.25. The van der Waals surface area contributed by atoms with E-state index in [2.05, 4.69) is 0 Å². The smallest absolute Gasteiger partial charge is 0.0428 e. The van der Waals surface area contributed by atoms with Gasteiger partial charge in [0.2, 0.25) is 0 Å². The molecule has 0 saturated carbocycles. The summed E-state index contributed by atoms with van der Waals surface area (Å²) in [4.78, 5) is 0. The zero-order valence-corrected chi connectivity index (χ0v) is 2.86. The zero-order valence-electron chi connectivity index (χ0n) is 2.86. The number of aliphatic hydroxyl groups is 1. The van der Waals surface area contributed by atoms with Gasteiger partial charge in [-0.2, -0.15) is 0 Å². The molecule has 0 aliphatic carbocycles. The van der Waals surface area contributed by atoms with Crippen molar-refractivity contribution in [3.8, 4) is 0 Å². The Morgan fingerprint density at radius 3 is 2.00 bits per heavy atom. The molecule has 0 heterocycles. The lowest BCUT2D eigenvalue weighted by Gasteiger charge is -1.69. The fourth-order valence-electron chi connectivity index (χ4n) is 0. The van der Waals surface area contributed by atoms with Crippen molar-refractivity contribution in [1.82, 2.24) is 0 Å². The first kappa shape index (κ1) is 3.96. The van der Waals surface area contributed by atoms with Gasteiger partial charge in [-0.25, -0.2) is 0 Å². The second kappa shape index (κ2) is 2.96. The maximum absolute atomic E-state index is 7.88. The van der Waals surface area contributed by atoms with Crippen LogP contribution in [0.15, 0.2) is 0 Å². The fourth-order valence-corrected chi connectivity index (χ4v) is 0. The minimum atomic E-state index is 0.319. The van der Waals surface area contributed by atoms with Crippen LogP contribution in [-0.4, -0.2) is 11.7 Å². The number of hydrogen-bond acceptors (Lipinski definition) is 1. The minimum absolute atomic E-state index is 0.319. The Balaban J connectivity index is 1.97. The Kier molecular flexibility index (Phi) is 2.93. The molecule has 0 aromatic heterocycles. The van der Waals surface area contributed by atoms with Crippen molar-refractivity contribution in [3.05, 3.63) is 0 Å². The predicted molar refractivity (Wildman–Crippen MR) is 17.4 cm³/mol. The van der Waals surface area contributed by atoms with E-state index >= 15 is 0 Å². The summed E-state index contributed by atoms with van der Waals surface area (Å²) in [5, 5.41) is 7.88. The second-order valence-corrected chi connectivity index (χ2v) is 0.724. The van der Waals surface area contributed by atoms with Gasteiger partial charge in [0.25, 0.3) is 0 Å². The molecule has 0 rings (SSSR count). The highest BCUT2D eigenvalue weighted by Crippen LogP contribution is 1.61. The lowest BCUT2D eigenvalue weighted by Crippen LogP contribution is -1.69. The predicted octanol–water partition coefficient (Wildman–Crippen LogP) is 0.389. The van der Waals surface area contributed by atoms with Crippen LogP contribution in [0.25, 0.3) is 0 Å². The van der Waals surface area contributed by atoms with Crippen LogP contribution in [0, 0.1) is 0 Å². The topological polar surface area (TPSA) is 20.2 Å².